The molecular formula is C15H18N2O. The van der Waals surface area contributed by atoms with Crippen LogP contribution >= 0.6 is 0 Å². The highest BCUT2D eigenvalue weighted by molar-refractivity contribution is 5.46. The third-order valence-corrected chi connectivity index (χ3v) is 4.05. The number of benzene rings is 1. The van der Waals surface area contributed by atoms with Crippen LogP contribution < -0.4 is 5.32 Å². The van der Waals surface area contributed by atoms with Crippen LogP contribution in [0, 0.1) is 0 Å². The zero-order chi connectivity index (χ0) is 12.6. The van der Waals surface area contributed by atoms with Gasteiger partial charge in [-0.15, -0.1) is 0 Å². The highest BCUT2D eigenvalue weighted by Crippen LogP contribution is 2.39. The molecule has 0 aliphatic heterocycles. The van der Waals surface area contributed by atoms with Gasteiger partial charge in [-0.05, 0) is 23.8 Å². The summed E-state index contributed by atoms with van der Waals surface area (Å²) in [5.74, 6) is 0.833. The molecule has 1 heterocycles. The molecule has 0 amide bonds. The van der Waals surface area contributed by atoms with Gasteiger partial charge in [0.1, 0.15) is 0 Å². The first-order valence-electron chi connectivity index (χ1n) is 6.44. The molecule has 0 bridgehead atoms. The molecule has 0 saturated heterocycles. The van der Waals surface area contributed by atoms with Crippen LogP contribution in [0.2, 0.25) is 0 Å². The van der Waals surface area contributed by atoms with Crippen molar-refractivity contribution in [1.82, 2.24) is 5.16 Å². The quantitative estimate of drug-likeness (QED) is 0.879. The van der Waals surface area contributed by atoms with Crippen molar-refractivity contribution in [3.63, 3.8) is 0 Å². The Morgan fingerprint density at radius 1 is 1.28 bits per heavy atom. The van der Waals surface area contributed by atoms with Crippen molar-refractivity contribution in [1.29, 1.82) is 0 Å². The standard InChI is InChI=1S/C15H18N2O/c1-15(11-6-4-3-5-7-11)9-8-12-13(10-15)17-18-14(12)16-2/h3-7,16H,8-10H2,1-2H3. The fourth-order valence-electron chi connectivity index (χ4n) is 2.88. The summed E-state index contributed by atoms with van der Waals surface area (Å²) in [5.41, 5.74) is 3.93. The lowest BCUT2D eigenvalue weighted by atomic mass is 9.70. The van der Waals surface area contributed by atoms with E-state index in [2.05, 4.69) is 47.7 Å². The van der Waals surface area contributed by atoms with Gasteiger partial charge in [-0.2, -0.15) is 0 Å². The maximum absolute atomic E-state index is 5.33. The number of hydrogen-bond acceptors (Lipinski definition) is 3. The van der Waals surface area contributed by atoms with Gasteiger partial charge < -0.3 is 9.84 Å². The van der Waals surface area contributed by atoms with E-state index in [-0.39, 0.29) is 5.41 Å². The molecule has 0 spiro atoms. The molecule has 1 N–H and O–H groups in total. The number of anilines is 1. The fourth-order valence-corrected chi connectivity index (χ4v) is 2.88. The van der Waals surface area contributed by atoms with E-state index in [4.69, 9.17) is 4.52 Å². The minimum Gasteiger partial charge on any atom is -0.357 e. The van der Waals surface area contributed by atoms with E-state index in [1.807, 2.05) is 7.05 Å². The molecule has 1 aromatic heterocycles. The van der Waals surface area contributed by atoms with Gasteiger partial charge in [-0.1, -0.05) is 42.4 Å². The zero-order valence-corrected chi connectivity index (χ0v) is 10.9. The fraction of sp³-hybridized carbons (Fsp3) is 0.400. The minimum absolute atomic E-state index is 0.177. The van der Waals surface area contributed by atoms with Crippen molar-refractivity contribution in [2.24, 2.45) is 0 Å². The summed E-state index contributed by atoms with van der Waals surface area (Å²) in [5, 5.41) is 7.28. The topological polar surface area (TPSA) is 38.1 Å². The Balaban J connectivity index is 1.95. The van der Waals surface area contributed by atoms with Crippen molar-refractivity contribution in [3.8, 4) is 0 Å². The largest absolute Gasteiger partial charge is 0.357 e. The Hall–Kier alpha value is -1.77. The Kier molecular flexibility index (Phi) is 2.62. The molecule has 1 aliphatic carbocycles. The number of nitrogens with one attached hydrogen (secondary N) is 1. The summed E-state index contributed by atoms with van der Waals surface area (Å²) in [6, 6.07) is 10.7. The average molecular weight is 242 g/mol. The number of nitrogens with zero attached hydrogens (tertiary/aromatic N) is 1. The van der Waals surface area contributed by atoms with Crippen LogP contribution in [0.15, 0.2) is 34.9 Å². The Morgan fingerprint density at radius 2 is 2.06 bits per heavy atom. The van der Waals surface area contributed by atoms with Crippen LogP contribution in [0.25, 0.3) is 0 Å². The van der Waals surface area contributed by atoms with Crippen molar-refractivity contribution in [2.75, 3.05) is 12.4 Å². The van der Waals surface area contributed by atoms with E-state index >= 15 is 0 Å². The van der Waals surface area contributed by atoms with Gasteiger partial charge in [0.15, 0.2) is 0 Å². The second-order valence-electron chi connectivity index (χ2n) is 5.29. The molecule has 0 radical (unpaired) electrons. The molecule has 3 heteroatoms. The lowest BCUT2D eigenvalue weighted by Crippen LogP contribution is -2.30. The number of fused-ring (bicyclic) bond motifs is 1. The van der Waals surface area contributed by atoms with Crippen LogP contribution in [0.4, 0.5) is 5.88 Å². The molecular weight excluding hydrogens is 224 g/mol. The predicted octanol–water partition coefficient (Wildman–Crippen LogP) is 3.16. The molecule has 2 aromatic rings. The minimum atomic E-state index is 0.177. The maximum Gasteiger partial charge on any atom is 0.227 e. The second kappa shape index (κ2) is 4.16. The third-order valence-electron chi connectivity index (χ3n) is 4.05. The van der Waals surface area contributed by atoms with Crippen LogP contribution in [0.1, 0.15) is 30.2 Å². The molecule has 0 saturated carbocycles. The molecule has 1 aromatic carbocycles. The lowest BCUT2D eigenvalue weighted by molar-refractivity contribution is 0.384. The van der Waals surface area contributed by atoms with Gasteiger partial charge >= 0.3 is 0 Å². The van der Waals surface area contributed by atoms with E-state index < -0.39 is 0 Å². The average Bonchev–Trinajstić information content (AvgIpc) is 2.81. The monoisotopic (exact) mass is 242 g/mol. The van der Waals surface area contributed by atoms with Gasteiger partial charge in [0.05, 0.1) is 5.69 Å². The van der Waals surface area contributed by atoms with Gasteiger partial charge in [0.2, 0.25) is 5.88 Å². The number of aromatic nitrogens is 1. The van der Waals surface area contributed by atoms with Crippen LogP contribution in [0.5, 0.6) is 0 Å². The summed E-state index contributed by atoms with van der Waals surface area (Å²) in [4.78, 5) is 0. The van der Waals surface area contributed by atoms with E-state index in [1.165, 1.54) is 11.1 Å². The van der Waals surface area contributed by atoms with E-state index in [9.17, 15) is 0 Å². The molecule has 1 atom stereocenters. The van der Waals surface area contributed by atoms with E-state index in [1.54, 1.807) is 0 Å². The Morgan fingerprint density at radius 3 is 2.78 bits per heavy atom. The summed E-state index contributed by atoms with van der Waals surface area (Å²) < 4.78 is 5.33. The lowest BCUT2D eigenvalue weighted by Gasteiger charge is -2.33. The number of rotatable bonds is 2. The first-order valence-corrected chi connectivity index (χ1v) is 6.44. The van der Waals surface area contributed by atoms with Crippen LogP contribution in [-0.2, 0) is 18.3 Å². The Bertz CT molecular complexity index is 547. The van der Waals surface area contributed by atoms with Crippen LogP contribution in [0.3, 0.4) is 0 Å². The maximum atomic E-state index is 5.33. The molecule has 18 heavy (non-hydrogen) atoms. The van der Waals surface area contributed by atoms with Gasteiger partial charge in [-0.25, -0.2) is 0 Å². The SMILES string of the molecule is CNc1onc2c1CCC(C)(c1ccccc1)C2. The molecule has 1 unspecified atom stereocenters. The van der Waals surface area contributed by atoms with Crippen molar-refractivity contribution in [2.45, 2.75) is 31.6 Å². The summed E-state index contributed by atoms with van der Waals surface area (Å²) >= 11 is 0. The van der Waals surface area contributed by atoms with Crippen LogP contribution in [-0.4, -0.2) is 12.2 Å². The number of hydrogen-bond donors (Lipinski definition) is 1. The Labute approximate surface area is 107 Å². The van der Waals surface area contributed by atoms with E-state index in [0.29, 0.717) is 0 Å². The van der Waals surface area contributed by atoms with Gasteiger partial charge in [0.25, 0.3) is 0 Å². The van der Waals surface area contributed by atoms with Gasteiger partial charge in [0, 0.05) is 19.0 Å². The molecule has 94 valence electrons. The summed E-state index contributed by atoms with van der Waals surface area (Å²) in [6.07, 6.45) is 3.12. The highest BCUT2D eigenvalue weighted by atomic mass is 16.5. The normalized spacial score (nSPS) is 22.6. The van der Waals surface area contributed by atoms with Crippen molar-refractivity contribution < 1.29 is 4.52 Å². The van der Waals surface area contributed by atoms with Gasteiger partial charge in [-0.3, -0.25) is 0 Å². The van der Waals surface area contributed by atoms with Crippen molar-refractivity contribution >= 4 is 5.88 Å². The smallest absolute Gasteiger partial charge is 0.227 e. The summed E-state index contributed by atoms with van der Waals surface area (Å²) in [6.45, 7) is 2.32. The summed E-state index contributed by atoms with van der Waals surface area (Å²) in [7, 11) is 1.88. The molecule has 3 rings (SSSR count). The zero-order valence-electron chi connectivity index (χ0n) is 10.9. The highest BCUT2D eigenvalue weighted by Gasteiger charge is 2.34. The van der Waals surface area contributed by atoms with Crippen molar-refractivity contribution in [3.05, 3.63) is 47.2 Å². The molecule has 3 nitrogen and oxygen atoms in total. The first kappa shape index (κ1) is 11.3. The second-order valence-corrected chi connectivity index (χ2v) is 5.29. The molecule has 0 fully saturated rings. The first-order chi connectivity index (χ1) is 8.73. The molecule has 1 aliphatic rings. The third kappa shape index (κ3) is 1.70. The predicted molar refractivity (Wildman–Crippen MR) is 71.9 cm³/mol. The van der Waals surface area contributed by atoms with E-state index in [0.717, 1.165) is 30.8 Å².